The normalized spacial score (nSPS) is 27.2. The Kier molecular flexibility index (Phi) is 4.84. The largest absolute Gasteiger partial charge is 0.391 e. The maximum atomic E-state index is 15.0. The van der Waals surface area contributed by atoms with Crippen LogP contribution in [0.25, 0.3) is 5.65 Å². The maximum absolute atomic E-state index is 15.0. The Hall–Kier alpha value is -1.74. The van der Waals surface area contributed by atoms with Crippen molar-refractivity contribution < 1.29 is 22.3 Å². The third kappa shape index (κ3) is 3.54. The quantitative estimate of drug-likeness (QED) is 0.801. The predicted octanol–water partition coefficient (Wildman–Crippen LogP) is 3.67. The first kappa shape index (κ1) is 18.6. The van der Waals surface area contributed by atoms with E-state index in [4.69, 9.17) is 4.74 Å². The number of nitrogens with one attached hydrogen (secondary N) is 1. The topological polar surface area (TPSA) is 51.5 Å². The third-order valence-corrected chi connectivity index (χ3v) is 5.55. The van der Waals surface area contributed by atoms with Gasteiger partial charge in [-0.25, -0.2) is 13.9 Å². The molecule has 0 radical (unpaired) electrons. The molecular formula is C18H22F4N4O. The van der Waals surface area contributed by atoms with Crippen LogP contribution in [0.3, 0.4) is 0 Å². The number of rotatable bonds is 2. The Balaban J connectivity index is 1.66. The molecule has 0 aromatic carbocycles. The van der Waals surface area contributed by atoms with Crippen LogP contribution in [-0.4, -0.2) is 40.5 Å². The molecule has 148 valence electrons. The number of aryl methyl sites for hydroxylation is 1. The molecule has 27 heavy (non-hydrogen) atoms. The molecule has 0 amide bonds. The Bertz CT molecular complexity index is 821. The van der Waals surface area contributed by atoms with E-state index in [0.717, 1.165) is 6.54 Å². The zero-order valence-corrected chi connectivity index (χ0v) is 15.0. The highest BCUT2D eigenvalue weighted by Crippen LogP contribution is 2.43. The molecule has 1 saturated carbocycles. The van der Waals surface area contributed by atoms with Crippen LogP contribution >= 0.6 is 0 Å². The number of morpholine rings is 1. The van der Waals surface area contributed by atoms with Gasteiger partial charge in [0.2, 0.25) is 0 Å². The van der Waals surface area contributed by atoms with E-state index < -0.39 is 17.9 Å². The number of alkyl halides is 3. The van der Waals surface area contributed by atoms with Crippen molar-refractivity contribution in [1.29, 1.82) is 0 Å². The van der Waals surface area contributed by atoms with E-state index in [1.807, 2.05) is 6.07 Å². The molecule has 4 rings (SSSR count). The highest BCUT2D eigenvalue weighted by molar-refractivity contribution is 5.45. The van der Waals surface area contributed by atoms with Crippen molar-refractivity contribution in [1.82, 2.24) is 19.9 Å². The van der Waals surface area contributed by atoms with Crippen molar-refractivity contribution in [3.8, 4) is 0 Å². The van der Waals surface area contributed by atoms with Gasteiger partial charge in [0.05, 0.1) is 18.2 Å². The molecule has 0 spiro atoms. The lowest BCUT2D eigenvalue weighted by molar-refractivity contribution is -0.182. The van der Waals surface area contributed by atoms with E-state index in [0.29, 0.717) is 24.5 Å². The summed E-state index contributed by atoms with van der Waals surface area (Å²) in [5, 5.41) is 7.66. The molecule has 2 aromatic heterocycles. The van der Waals surface area contributed by atoms with Crippen LogP contribution in [0.2, 0.25) is 0 Å². The summed E-state index contributed by atoms with van der Waals surface area (Å²) in [4.78, 5) is 4.27. The van der Waals surface area contributed by atoms with Gasteiger partial charge in [-0.2, -0.15) is 18.3 Å². The second-order valence-electron chi connectivity index (χ2n) is 7.41. The highest BCUT2D eigenvalue weighted by Gasteiger charge is 2.42. The molecule has 0 bridgehead atoms. The van der Waals surface area contributed by atoms with E-state index in [-0.39, 0.29) is 49.0 Å². The standard InChI is InChI=1S/C18H22F4N4O/c1-10-8-13(14-9-23-6-7-27-14)26-17(24-10)15(19)16(25-26)11-2-4-12(5-3-11)18(20,21)22/h8,11-12,14,23H,2-7,9H2,1H3/t11?,12?,14-/m0/s1. The van der Waals surface area contributed by atoms with Crippen molar-refractivity contribution in [2.24, 2.45) is 5.92 Å². The Morgan fingerprint density at radius 2 is 1.96 bits per heavy atom. The summed E-state index contributed by atoms with van der Waals surface area (Å²) in [7, 11) is 0. The van der Waals surface area contributed by atoms with Crippen molar-refractivity contribution in [3.63, 3.8) is 0 Å². The molecule has 1 N–H and O–H groups in total. The molecule has 1 saturated heterocycles. The lowest BCUT2D eigenvalue weighted by atomic mass is 9.80. The first-order valence-corrected chi connectivity index (χ1v) is 9.29. The number of hydrogen-bond donors (Lipinski definition) is 1. The number of fused-ring (bicyclic) bond motifs is 1. The number of ether oxygens (including phenoxy) is 1. The Labute approximate surface area is 154 Å². The fourth-order valence-electron chi connectivity index (χ4n) is 4.10. The van der Waals surface area contributed by atoms with Gasteiger partial charge in [-0.1, -0.05) is 0 Å². The summed E-state index contributed by atoms with van der Waals surface area (Å²) in [5.41, 5.74) is 1.70. The van der Waals surface area contributed by atoms with Crippen LogP contribution in [0.4, 0.5) is 17.6 Å². The fraction of sp³-hybridized carbons (Fsp3) is 0.667. The van der Waals surface area contributed by atoms with E-state index in [2.05, 4.69) is 15.4 Å². The zero-order chi connectivity index (χ0) is 19.2. The Morgan fingerprint density at radius 1 is 1.22 bits per heavy atom. The summed E-state index contributed by atoms with van der Waals surface area (Å²) in [6.07, 6.45) is -3.87. The highest BCUT2D eigenvalue weighted by atomic mass is 19.4. The zero-order valence-electron chi connectivity index (χ0n) is 15.0. The molecule has 0 unspecified atom stereocenters. The van der Waals surface area contributed by atoms with Crippen LogP contribution in [0.1, 0.15) is 54.8 Å². The van der Waals surface area contributed by atoms with Gasteiger partial charge >= 0.3 is 6.18 Å². The molecule has 3 heterocycles. The van der Waals surface area contributed by atoms with E-state index in [1.165, 1.54) is 4.52 Å². The van der Waals surface area contributed by atoms with Gasteiger partial charge < -0.3 is 10.1 Å². The first-order valence-electron chi connectivity index (χ1n) is 9.29. The van der Waals surface area contributed by atoms with Crippen molar-refractivity contribution in [3.05, 3.63) is 29.0 Å². The second-order valence-corrected chi connectivity index (χ2v) is 7.41. The molecule has 2 aliphatic rings. The minimum Gasteiger partial charge on any atom is -0.369 e. The maximum Gasteiger partial charge on any atom is 0.391 e. The van der Waals surface area contributed by atoms with Gasteiger partial charge in [-0.3, -0.25) is 0 Å². The minimum absolute atomic E-state index is 0.0104. The number of nitrogens with zero attached hydrogens (tertiary/aromatic N) is 3. The number of hydrogen-bond acceptors (Lipinski definition) is 4. The molecule has 1 aliphatic heterocycles. The molecule has 1 aliphatic carbocycles. The van der Waals surface area contributed by atoms with Crippen molar-refractivity contribution >= 4 is 5.65 Å². The predicted molar refractivity (Wildman–Crippen MR) is 90.0 cm³/mol. The average Bonchev–Trinajstić information content (AvgIpc) is 2.98. The minimum atomic E-state index is -4.18. The SMILES string of the molecule is Cc1cc([C@@H]2CNCCO2)n2nc(C3CCC(C(F)(F)F)CC3)c(F)c2n1. The van der Waals surface area contributed by atoms with Crippen LogP contribution in [0.15, 0.2) is 6.07 Å². The van der Waals surface area contributed by atoms with Crippen LogP contribution in [0.5, 0.6) is 0 Å². The molecule has 2 aromatic rings. The van der Waals surface area contributed by atoms with Gasteiger partial charge in [0.25, 0.3) is 0 Å². The van der Waals surface area contributed by atoms with Crippen molar-refractivity contribution in [2.75, 3.05) is 19.7 Å². The summed E-state index contributed by atoms with van der Waals surface area (Å²) < 4.78 is 61.0. The van der Waals surface area contributed by atoms with Crippen LogP contribution in [-0.2, 0) is 4.74 Å². The molecule has 5 nitrogen and oxygen atoms in total. The average molecular weight is 386 g/mol. The second kappa shape index (κ2) is 7.01. The summed E-state index contributed by atoms with van der Waals surface area (Å²) in [5.74, 6) is -2.14. The fourth-order valence-corrected chi connectivity index (χ4v) is 4.10. The van der Waals surface area contributed by atoms with Crippen LogP contribution in [0, 0.1) is 18.7 Å². The van der Waals surface area contributed by atoms with E-state index >= 15 is 4.39 Å². The molecule has 9 heteroatoms. The smallest absolute Gasteiger partial charge is 0.369 e. The van der Waals surface area contributed by atoms with E-state index in [1.54, 1.807) is 6.92 Å². The number of halogens is 4. The molecular weight excluding hydrogens is 364 g/mol. The molecule has 1 atom stereocenters. The monoisotopic (exact) mass is 386 g/mol. The van der Waals surface area contributed by atoms with Crippen molar-refractivity contribution in [2.45, 2.75) is 50.8 Å². The van der Waals surface area contributed by atoms with Gasteiger partial charge in [-0.05, 0) is 38.7 Å². The molecule has 2 fully saturated rings. The first-order chi connectivity index (χ1) is 12.8. The lowest BCUT2D eigenvalue weighted by Crippen LogP contribution is -2.34. The Morgan fingerprint density at radius 3 is 2.59 bits per heavy atom. The summed E-state index contributed by atoms with van der Waals surface area (Å²) >= 11 is 0. The van der Waals surface area contributed by atoms with Gasteiger partial charge in [-0.15, -0.1) is 0 Å². The summed E-state index contributed by atoms with van der Waals surface area (Å²) in [6, 6.07) is 1.82. The van der Waals surface area contributed by atoms with E-state index in [9.17, 15) is 13.2 Å². The third-order valence-electron chi connectivity index (χ3n) is 5.55. The van der Waals surface area contributed by atoms with Crippen LogP contribution < -0.4 is 5.32 Å². The lowest BCUT2D eigenvalue weighted by Gasteiger charge is -2.28. The van der Waals surface area contributed by atoms with Gasteiger partial charge in [0.1, 0.15) is 11.8 Å². The van der Waals surface area contributed by atoms with Gasteiger partial charge in [0, 0.05) is 24.7 Å². The summed E-state index contributed by atoms with van der Waals surface area (Å²) in [6.45, 7) is 3.67. The number of aromatic nitrogens is 3. The van der Waals surface area contributed by atoms with Gasteiger partial charge in [0.15, 0.2) is 11.5 Å².